The van der Waals surface area contributed by atoms with Crippen molar-refractivity contribution in [2.24, 2.45) is 5.73 Å². The number of rotatable bonds is 5. The van der Waals surface area contributed by atoms with Gasteiger partial charge >= 0.3 is 5.82 Å². The van der Waals surface area contributed by atoms with E-state index in [-0.39, 0.29) is 10.8 Å². The van der Waals surface area contributed by atoms with Crippen molar-refractivity contribution in [1.29, 1.82) is 0 Å². The number of hydrogen-bond acceptors (Lipinski definition) is 5. The number of nitrogens with two attached hydrogens (primary N) is 1. The normalized spacial score (nSPS) is 10.4. The standard InChI is InChI=1S/C6H9ClN4O2S/c7-5-3-10(4-14-2-1-8)9-6(5)11(12)13/h3H,1-2,4,8H2. The molecule has 1 aromatic heterocycles. The molecule has 0 saturated carbocycles. The van der Waals surface area contributed by atoms with Crippen LogP contribution in [0.2, 0.25) is 5.02 Å². The van der Waals surface area contributed by atoms with Crippen molar-refractivity contribution in [3.8, 4) is 0 Å². The molecule has 6 nitrogen and oxygen atoms in total. The van der Waals surface area contributed by atoms with Crippen LogP contribution in [-0.2, 0) is 5.88 Å². The smallest absolute Gasteiger partial charge is 0.358 e. The van der Waals surface area contributed by atoms with Crippen LogP contribution in [0.4, 0.5) is 5.82 Å². The number of aromatic nitrogens is 2. The molecule has 0 aliphatic carbocycles. The lowest BCUT2D eigenvalue weighted by Gasteiger charge is -1.94. The molecular weight excluding hydrogens is 228 g/mol. The average molecular weight is 237 g/mol. The zero-order valence-corrected chi connectivity index (χ0v) is 8.79. The molecule has 0 amide bonds. The minimum absolute atomic E-state index is 0.0587. The van der Waals surface area contributed by atoms with Crippen LogP contribution < -0.4 is 5.73 Å². The molecule has 0 radical (unpaired) electrons. The Morgan fingerprint density at radius 1 is 1.79 bits per heavy atom. The zero-order chi connectivity index (χ0) is 10.6. The Bertz CT molecular complexity index is 330. The van der Waals surface area contributed by atoms with Gasteiger partial charge in [-0.2, -0.15) is 4.68 Å². The molecule has 0 aliphatic heterocycles. The molecule has 2 N–H and O–H groups in total. The lowest BCUT2D eigenvalue weighted by Crippen LogP contribution is -2.04. The molecule has 0 bridgehead atoms. The quantitative estimate of drug-likeness (QED) is 0.470. The molecule has 1 aromatic rings. The molecule has 0 spiro atoms. The molecule has 0 unspecified atom stereocenters. The number of thioether (sulfide) groups is 1. The van der Waals surface area contributed by atoms with E-state index in [4.69, 9.17) is 17.3 Å². The third-order valence-corrected chi connectivity index (χ3v) is 2.60. The summed E-state index contributed by atoms with van der Waals surface area (Å²) in [6, 6.07) is 0. The van der Waals surface area contributed by atoms with Gasteiger partial charge in [0.1, 0.15) is 5.88 Å². The lowest BCUT2D eigenvalue weighted by atomic mass is 10.6. The summed E-state index contributed by atoms with van der Waals surface area (Å²) in [6.07, 6.45) is 1.43. The first-order chi connectivity index (χ1) is 6.65. The van der Waals surface area contributed by atoms with Crippen molar-refractivity contribution in [2.75, 3.05) is 12.3 Å². The van der Waals surface area contributed by atoms with Crippen LogP contribution in [-0.4, -0.2) is 27.0 Å². The van der Waals surface area contributed by atoms with Crippen molar-refractivity contribution in [2.45, 2.75) is 5.88 Å². The molecule has 0 aliphatic rings. The predicted octanol–water partition coefficient (Wildman–Crippen LogP) is 1.09. The molecular formula is C6H9ClN4O2S. The fourth-order valence-electron chi connectivity index (χ4n) is 0.818. The molecule has 78 valence electrons. The van der Waals surface area contributed by atoms with E-state index in [0.29, 0.717) is 12.4 Å². The van der Waals surface area contributed by atoms with Gasteiger partial charge in [-0.25, -0.2) is 0 Å². The Kier molecular flexibility index (Phi) is 4.18. The zero-order valence-electron chi connectivity index (χ0n) is 7.22. The van der Waals surface area contributed by atoms with Gasteiger partial charge in [-0.15, -0.1) is 11.8 Å². The van der Waals surface area contributed by atoms with Crippen molar-refractivity contribution < 1.29 is 4.92 Å². The summed E-state index contributed by atoms with van der Waals surface area (Å²) in [5.74, 6) is 0.996. The molecule has 1 rings (SSSR count). The van der Waals surface area contributed by atoms with E-state index in [1.807, 2.05) is 0 Å². The van der Waals surface area contributed by atoms with Crippen LogP contribution in [0, 0.1) is 10.1 Å². The Hall–Kier alpha value is -0.790. The number of hydrogen-bond donors (Lipinski definition) is 1. The summed E-state index contributed by atoms with van der Waals surface area (Å²) in [6.45, 7) is 0.571. The maximum Gasteiger partial charge on any atom is 0.408 e. The second-order valence-corrected chi connectivity index (χ2v) is 3.91. The van der Waals surface area contributed by atoms with Crippen LogP contribution in [0.1, 0.15) is 0 Å². The highest BCUT2D eigenvalue weighted by Crippen LogP contribution is 2.22. The Balaban J connectivity index is 2.62. The molecule has 14 heavy (non-hydrogen) atoms. The van der Waals surface area contributed by atoms with Crippen molar-refractivity contribution >= 4 is 29.2 Å². The van der Waals surface area contributed by atoms with Crippen molar-refractivity contribution in [3.63, 3.8) is 0 Å². The first-order valence-corrected chi connectivity index (χ1v) is 5.33. The van der Waals surface area contributed by atoms with E-state index < -0.39 is 4.92 Å². The van der Waals surface area contributed by atoms with E-state index in [1.54, 1.807) is 0 Å². The van der Waals surface area contributed by atoms with Gasteiger partial charge < -0.3 is 15.8 Å². The van der Waals surface area contributed by atoms with Crippen LogP contribution in [0.25, 0.3) is 0 Å². The largest absolute Gasteiger partial charge is 0.408 e. The first kappa shape index (κ1) is 11.3. The second kappa shape index (κ2) is 5.18. The molecule has 0 saturated heterocycles. The number of nitrogens with zero attached hydrogens (tertiary/aromatic N) is 3. The second-order valence-electron chi connectivity index (χ2n) is 2.42. The third kappa shape index (κ3) is 2.86. The number of nitro groups is 1. The Morgan fingerprint density at radius 3 is 3.00 bits per heavy atom. The predicted molar refractivity (Wildman–Crippen MR) is 55.4 cm³/mol. The van der Waals surface area contributed by atoms with Gasteiger partial charge in [0.05, 0.1) is 11.3 Å². The summed E-state index contributed by atoms with van der Waals surface area (Å²) in [4.78, 5) is 9.78. The summed E-state index contributed by atoms with van der Waals surface area (Å²) in [5, 5.41) is 14.1. The fraction of sp³-hybridized carbons (Fsp3) is 0.500. The van der Waals surface area contributed by atoms with Crippen LogP contribution in [0.5, 0.6) is 0 Å². The Labute approximate surface area is 89.6 Å². The van der Waals surface area contributed by atoms with Gasteiger partial charge in [-0.05, 0) is 4.92 Å². The molecule has 8 heteroatoms. The van der Waals surface area contributed by atoms with Gasteiger partial charge in [0, 0.05) is 12.3 Å². The molecule has 0 atom stereocenters. The van der Waals surface area contributed by atoms with Gasteiger partial charge in [-0.3, -0.25) is 0 Å². The lowest BCUT2D eigenvalue weighted by molar-refractivity contribution is -0.389. The molecule has 0 aromatic carbocycles. The van der Waals surface area contributed by atoms with E-state index >= 15 is 0 Å². The fourth-order valence-corrected chi connectivity index (χ4v) is 1.65. The molecule has 0 fully saturated rings. The van der Waals surface area contributed by atoms with Crippen LogP contribution in [0.15, 0.2) is 6.20 Å². The topological polar surface area (TPSA) is 87.0 Å². The van der Waals surface area contributed by atoms with Gasteiger partial charge in [-0.1, -0.05) is 11.6 Å². The Morgan fingerprint density at radius 2 is 2.50 bits per heavy atom. The summed E-state index contributed by atoms with van der Waals surface area (Å²) in [5.41, 5.74) is 5.29. The SMILES string of the molecule is NCCSCn1cc(Cl)c([N+](=O)[O-])n1. The van der Waals surface area contributed by atoms with Crippen LogP contribution in [0.3, 0.4) is 0 Å². The maximum atomic E-state index is 10.4. The summed E-state index contributed by atoms with van der Waals surface area (Å²) < 4.78 is 1.43. The van der Waals surface area contributed by atoms with Gasteiger partial charge in [0.2, 0.25) is 0 Å². The monoisotopic (exact) mass is 236 g/mol. The van der Waals surface area contributed by atoms with E-state index in [2.05, 4.69) is 5.10 Å². The van der Waals surface area contributed by atoms with E-state index in [0.717, 1.165) is 5.75 Å². The maximum absolute atomic E-state index is 10.4. The van der Waals surface area contributed by atoms with Crippen molar-refractivity contribution in [1.82, 2.24) is 9.78 Å². The number of halogens is 1. The third-order valence-electron chi connectivity index (χ3n) is 1.36. The highest BCUT2D eigenvalue weighted by Gasteiger charge is 2.18. The van der Waals surface area contributed by atoms with E-state index in [9.17, 15) is 10.1 Å². The van der Waals surface area contributed by atoms with Crippen LogP contribution >= 0.6 is 23.4 Å². The highest BCUT2D eigenvalue weighted by atomic mass is 35.5. The van der Waals surface area contributed by atoms with Gasteiger partial charge in [0.15, 0.2) is 5.02 Å². The van der Waals surface area contributed by atoms with E-state index in [1.165, 1.54) is 22.6 Å². The minimum atomic E-state index is -0.605. The van der Waals surface area contributed by atoms with Gasteiger partial charge in [0.25, 0.3) is 0 Å². The first-order valence-electron chi connectivity index (χ1n) is 3.80. The van der Waals surface area contributed by atoms with Crippen molar-refractivity contribution in [3.05, 3.63) is 21.3 Å². The molecule has 1 heterocycles. The summed E-state index contributed by atoms with van der Waals surface area (Å²) in [7, 11) is 0. The average Bonchev–Trinajstić information content (AvgIpc) is 2.47. The minimum Gasteiger partial charge on any atom is -0.358 e. The summed E-state index contributed by atoms with van der Waals surface area (Å²) >= 11 is 7.13. The highest BCUT2D eigenvalue weighted by molar-refractivity contribution is 7.98.